The van der Waals surface area contributed by atoms with Crippen molar-refractivity contribution in [2.75, 3.05) is 14.2 Å². The number of nitrogens with zero attached hydrogens (tertiary/aromatic N) is 1. The Morgan fingerprint density at radius 2 is 2.00 bits per heavy atom. The quantitative estimate of drug-likeness (QED) is 0.595. The minimum Gasteiger partial charge on any atom is -0.497 e. The van der Waals surface area contributed by atoms with E-state index in [-0.39, 0.29) is 18.4 Å². The van der Waals surface area contributed by atoms with Crippen molar-refractivity contribution in [2.45, 2.75) is 19.4 Å². The maximum Gasteiger partial charge on any atom is 0.226 e. The fourth-order valence-electron chi connectivity index (χ4n) is 2.86. The molecular weight excluding hydrogens is 396 g/mol. The van der Waals surface area contributed by atoms with E-state index in [2.05, 4.69) is 10.3 Å². The van der Waals surface area contributed by atoms with E-state index in [9.17, 15) is 4.79 Å². The van der Waals surface area contributed by atoms with Gasteiger partial charge in [-0.25, -0.2) is 4.98 Å². The smallest absolute Gasteiger partial charge is 0.226 e. The number of hydrogen-bond acceptors (Lipinski definition) is 5. The molecule has 2 aromatic carbocycles. The standard InChI is InChI=1S/C21H21ClN2O3S/c1-13(17-11-15(26-2)8-9-19(17)27-3)23-20(25)10-14-12-28-21(24-14)16-6-4-5-7-18(16)22/h4-9,11-13H,10H2,1-3H3,(H,23,25). The highest BCUT2D eigenvalue weighted by atomic mass is 35.5. The Morgan fingerprint density at radius 3 is 2.71 bits per heavy atom. The molecular formula is C21H21ClN2O3S. The van der Waals surface area contributed by atoms with Crippen molar-refractivity contribution in [3.63, 3.8) is 0 Å². The average molecular weight is 417 g/mol. The van der Waals surface area contributed by atoms with Crippen LogP contribution in [0.15, 0.2) is 47.8 Å². The molecule has 3 aromatic rings. The maximum atomic E-state index is 12.5. The molecule has 0 radical (unpaired) electrons. The molecule has 0 fully saturated rings. The molecule has 0 spiro atoms. The summed E-state index contributed by atoms with van der Waals surface area (Å²) >= 11 is 7.70. The number of ether oxygens (including phenoxy) is 2. The molecule has 1 aromatic heterocycles. The highest BCUT2D eigenvalue weighted by molar-refractivity contribution is 7.13. The van der Waals surface area contributed by atoms with Crippen LogP contribution in [0.5, 0.6) is 11.5 Å². The molecule has 146 valence electrons. The van der Waals surface area contributed by atoms with Crippen molar-refractivity contribution in [1.82, 2.24) is 10.3 Å². The average Bonchev–Trinajstić information content (AvgIpc) is 3.15. The third-order valence-electron chi connectivity index (χ3n) is 4.28. The lowest BCUT2D eigenvalue weighted by atomic mass is 10.1. The van der Waals surface area contributed by atoms with Crippen molar-refractivity contribution < 1.29 is 14.3 Å². The number of hydrogen-bond donors (Lipinski definition) is 1. The summed E-state index contributed by atoms with van der Waals surface area (Å²) in [7, 11) is 3.21. The Balaban J connectivity index is 1.69. The molecule has 0 saturated heterocycles. The van der Waals surface area contributed by atoms with E-state index < -0.39 is 0 Å². The zero-order chi connectivity index (χ0) is 20.1. The molecule has 7 heteroatoms. The molecule has 1 N–H and O–H groups in total. The van der Waals surface area contributed by atoms with Crippen LogP contribution >= 0.6 is 22.9 Å². The Kier molecular flexibility index (Phi) is 6.54. The normalized spacial score (nSPS) is 11.7. The van der Waals surface area contributed by atoms with Crippen LogP contribution in [0.4, 0.5) is 0 Å². The molecule has 5 nitrogen and oxygen atoms in total. The van der Waals surface area contributed by atoms with Gasteiger partial charge in [-0.1, -0.05) is 29.8 Å². The van der Waals surface area contributed by atoms with E-state index in [1.54, 1.807) is 14.2 Å². The van der Waals surface area contributed by atoms with Gasteiger partial charge < -0.3 is 14.8 Å². The van der Waals surface area contributed by atoms with Crippen LogP contribution in [0.1, 0.15) is 24.2 Å². The van der Waals surface area contributed by atoms with Gasteiger partial charge in [-0.2, -0.15) is 0 Å². The van der Waals surface area contributed by atoms with Crippen LogP contribution in [0, 0.1) is 0 Å². The van der Waals surface area contributed by atoms with Gasteiger partial charge in [-0.05, 0) is 31.2 Å². The number of aromatic nitrogens is 1. The number of benzene rings is 2. The number of carbonyl (C=O) groups excluding carboxylic acids is 1. The van der Waals surface area contributed by atoms with Crippen LogP contribution in [0.3, 0.4) is 0 Å². The Labute approximate surface area is 173 Å². The molecule has 1 heterocycles. The molecule has 0 aliphatic rings. The molecule has 0 aliphatic heterocycles. The highest BCUT2D eigenvalue weighted by Crippen LogP contribution is 2.31. The Morgan fingerprint density at radius 1 is 1.21 bits per heavy atom. The van der Waals surface area contributed by atoms with Crippen LogP contribution < -0.4 is 14.8 Å². The van der Waals surface area contributed by atoms with Gasteiger partial charge in [0.25, 0.3) is 0 Å². The fourth-order valence-corrected chi connectivity index (χ4v) is 4.00. The molecule has 0 bridgehead atoms. The number of amides is 1. The van der Waals surface area contributed by atoms with Crippen LogP contribution in [0.25, 0.3) is 10.6 Å². The second-order valence-electron chi connectivity index (χ2n) is 6.20. The van der Waals surface area contributed by atoms with E-state index in [0.717, 1.165) is 16.1 Å². The van der Waals surface area contributed by atoms with Crippen molar-refractivity contribution in [2.24, 2.45) is 0 Å². The third-order valence-corrected chi connectivity index (χ3v) is 5.53. The lowest BCUT2D eigenvalue weighted by molar-refractivity contribution is -0.121. The largest absolute Gasteiger partial charge is 0.497 e. The van der Waals surface area contributed by atoms with Crippen molar-refractivity contribution in [1.29, 1.82) is 0 Å². The lowest BCUT2D eigenvalue weighted by Gasteiger charge is -2.18. The van der Waals surface area contributed by atoms with E-state index in [4.69, 9.17) is 21.1 Å². The van der Waals surface area contributed by atoms with Crippen molar-refractivity contribution >= 4 is 28.8 Å². The Hall–Kier alpha value is -2.57. The summed E-state index contributed by atoms with van der Waals surface area (Å²) in [4.78, 5) is 17.1. The van der Waals surface area contributed by atoms with Crippen molar-refractivity contribution in [3.05, 3.63) is 64.1 Å². The first kappa shape index (κ1) is 20.2. The van der Waals surface area contributed by atoms with E-state index in [1.165, 1.54) is 11.3 Å². The topological polar surface area (TPSA) is 60.5 Å². The first-order valence-electron chi connectivity index (χ1n) is 8.72. The van der Waals surface area contributed by atoms with Crippen molar-refractivity contribution in [3.8, 4) is 22.1 Å². The zero-order valence-corrected chi connectivity index (χ0v) is 17.4. The van der Waals surface area contributed by atoms with Gasteiger partial charge >= 0.3 is 0 Å². The van der Waals surface area contributed by atoms with Gasteiger partial charge in [0.1, 0.15) is 16.5 Å². The number of carbonyl (C=O) groups is 1. The van der Waals surface area contributed by atoms with Gasteiger partial charge in [0.15, 0.2) is 0 Å². The zero-order valence-electron chi connectivity index (χ0n) is 15.9. The molecule has 1 amide bonds. The lowest BCUT2D eigenvalue weighted by Crippen LogP contribution is -2.28. The molecule has 0 aliphatic carbocycles. The van der Waals surface area contributed by atoms with E-state index >= 15 is 0 Å². The molecule has 1 atom stereocenters. The van der Waals surface area contributed by atoms with Crippen LogP contribution in [0.2, 0.25) is 5.02 Å². The number of methoxy groups -OCH3 is 2. The molecule has 0 saturated carbocycles. The number of nitrogens with one attached hydrogen (secondary N) is 1. The molecule has 3 rings (SSSR count). The summed E-state index contributed by atoms with van der Waals surface area (Å²) < 4.78 is 10.7. The SMILES string of the molecule is COc1ccc(OC)c(C(C)NC(=O)Cc2csc(-c3ccccc3Cl)n2)c1. The number of thiazole rings is 1. The summed E-state index contributed by atoms with van der Waals surface area (Å²) in [5.41, 5.74) is 2.43. The first-order chi connectivity index (χ1) is 13.5. The van der Waals surface area contributed by atoms with Gasteiger partial charge in [0.2, 0.25) is 5.91 Å². The minimum atomic E-state index is -0.237. The number of rotatable bonds is 7. The molecule has 28 heavy (non-hydrogen) atoms. The second kappa shape index (κ2) is 9.08. The summed E-state index contributed by atoms with van der Waals surface area (Å²) in [5.74, 6) is 1.29. The van der Waals surface area contributed by atoms with Gasteiger partial charge in [-0.15, -0.1) is 11.3 Å². The summed E-state index contributed by atoms with van der Waals surface area (Å²) in [6.07, 6.45) is 0.192. The van der Waals surface area contributed by atoms with E-state index in [0.29, 0.717) is 22.2 Å². The third kappa shape index (κ3) is 4.64. The molecule has 1 unspecified atom stereocenters. The van der Waals surface area contributed by atoms with E-state index in [1.807, 2.05) is 54.8 Å². The maximum absolute atomic E-state index is 12.5. The van der Waals surface area contributed by atoms with Crippen LogP contribution in [-0.4, -0.2) is 25.1 Å². The fraction of sp³-hybridized carbons (Fsp3) is 0.238. The number of halogens is 1. The first-order valence-corrected chi connectivity index (χ1v) is 9.98. The Bertz CT molecular complexity index is 974. The second-order valence-corrected chi connectivity index (χ2v) is 7.46. The van der Waals surface area contributed by atoms with Crippen LogP contribution in [-0.2, 0) is 11.2 Å². The predicted molar refractivity (Wildman–Crippen MR) is 112 cm³/mol. The summed E-state index contributed by atoms with van der Waals surface area (Å²) in [6.45, 7) is 1.91. The minimum absolute atomic E-state index is 0.117. The monoisotopic (exact) mass is 416 g/mol. The van der Waals surface area contributed by atoms with Gasteiger partial charge in [-0.3, -0.25) is 4.79 Å². The van der Waals surface area contributed by atoms with Gasteiger partial charge in [0, 0.05) is 16.5 Å². The van der Waals surface area contributed by atoms with Gasteiger partial charge in [0.05, 0.1) is 37.4 Å². The summed E-state index contributed by atoms with van der Waals surface area (Å²) in [6, 6.07) is 12.8. The predicted octanol–water partition coefficient (Wildman–Crippen LogP) is 4.90. The summed E-state index contributed by atoms with van der Waals surface area (Å²) in [5, 5.41) is 6.33. The highest BCUT2D eigenvalue weighted by Gasteiger charge is 2.17.